The van der Waals surface area contributed by atoms with Crippen molar-refractivity contribution in [2.24, 2.45) is 0 Å². The summed E-state index contributed by atoms with van der Waals surface area (Å²) < 4.78 is 80.4. The zero-order chi connectivity index (χ0) is 22.7. The molecule has 162 valence electrons. The van der Waals surface area contributed by atoms with E-state index < -0.39 is 29.0 Å². The van der Waals surface area contributed by atoms with Crippen molar-refractivity contribution in [3.63, 3.8) is 0 Å². The van der Waals surface area contributed by atoms with Crippen molar-refractivity contribution in [2.45, 2.75) is 24.3 Å². The molecule has 1 nitrogen and oxygen atoms in total. The Labute approximate surface area is 176 Å². The Morgan fingerprint density at radius 3 is 1.52 bits per heavy atom. The Morgan fingerprint density at radius 2 is 1.10 bits per heavy atom. The number of benzene rings is 3. The quantitative estimate of drug-likeness (QED) is 0.414. The molecule has 0 fully saturated rings. The first-order chi connectivity index (χ1) is 14.6. The molecule has 0 radical (unpaired) electrons. The summed E-state index contributed by atoms with van der Waals surface area (Å²) in [5.41, 5.74) is -2.12. The van der Waals surface area contributed by atoms with Gasteiger partial charge in [-0.1, -0.05) is 61.2 Å². The van der Waals surface area contributed by atoms with Gasteiger partial charge in [0, 0.05) is 6.42 Å². The van der Waals surface area contributed by atoms with Crippen molar-refractivity contribution in [1.82, 2.24) is 5.32 Å². The third kappa shape index (κ3) is 4.93. The van der Waals surface area contributed by atoms with Crippen molar-refractivity contribution >= 4 is 0 Å². The highest BCUT2D eigenvalue weighted by molar-refractivity contribution is 5.45. The van der Waals surface area contributed by atoms with Crippen molar-refractivity contribution in [3.05, 3.63) is 119 Å². The molecule has 0 bridgehead atoms. The van der Waals surface area contributed by atoms with Gasteiger partial charge in [0.25, 0.3) is 0 Å². The highest BCUT2D eigenvalue weighted by Crippen LogP contribution is 2.39. The molecular weight excluding hydrogens is 416 g/mol. The molecule has 7 heteroatoms. The van der Waals surface area contributed by atoms with Crippen LogP contribution in [0.2, 0.25) is 0 Å². The Hall–Kier alpha value is -3.22. The number of rotatable bonds is 6. The molecule has 0 saturated heterocycles. The minimum atomic E-state index is -4.60. The van der Waals surface area contributed by atoms with Crippen molar-refractivity contribution in [1.29, 1.82) is 0 Å². The molecule has 1 N–H and O–H groups in total. The molecule has 0 aromatic heterocycles. The summed E-state index contributed by atoms with van der Waals surface area (Å²) in [6, 6.07) is 18.0. The monoisotopic (exact) mass is 435 g/mol. The molecule has 31 heavy (non-hydrogen) atoms. The van der Waals surface area contributed by atoms with Crippen LogP contribution in [-0.2, 0) is 24.3 Å². The van der Waals surface area contributed by atoms with Gasteiger partial charge in [0.1, 0.15) is 0 Å². The summed E-state index contributed by atoms with van der Waals surface area (Å²) in [6.07, 6.45) is -7.82. The van der Waals surface area contributed by atoms with E-state index >= 15 is 0 Å². The fourth-order valence-corrected chi connectivity index (χ4v) is 3.59. The average molecular weight is 435 g/mol. The van der Waals surface area contributed by atoms with Crippen LogP contribution in [0.1, 0.15) is 27.8 Å². The summed E-state index contributed by atoms with van der Waals surface area (Å²) in [5.74, 6) is 0. The van der Waals surface area contributed by atoms with Crippen LogP contribution >= 0.6 is 0 Å². The van der Waals surface area contributed by atoms with Gasteiger partial charge in [-0.05, 0) is 47.2 Å². The van der Waals surface area contributed by atoms with Gasteiger partial charge in [-0.3, -0.25) is 0 Å². The molecular formula is C24H19F6N. The molecule has 0 aliphatic heterocycles. The van der Waals surface area contributed by atoms with E-state index in [9.17, 15) is 26.3 Å². The Morgan fingerprint density at radius 1 is 0.645 bits per heavy atom. The molecule has 0 saturated carbocycles. The minimum absolute atomic E-state index is 0.0997. The van der Waals surface area contributed by atoms with Gasteiger partial charge >= 0.3 is 12.4 Å². The summed E-state index contributed by atoms with van der Waals surface area (Å²) in [7, 11) is 0. The molecule has 0 aliphatic carbocycles. The van der Waals surface area contributed by atoms with Gasteiger partial charge in [-0.25, -0.2) is 0 Å². The maximum absolute atomic E-state index is 13.4. The predicted molar refractivity (Wildman–Crippen MR) is 107 cm³/mol. The van der Waals surface area contributed by atoms with E-state index in [-0.39, 0.29) is 17.5 Å². The predicted octanol–water partition coefficient (Wildman–Crippen LogP) is 6.94. The molecule has 0 heterocycles. The number of hydrogen-bond donors (Lipinski definition) is 1. The first kappa shape index (κ1) is 22.5. The van der Waals surface area contributed by atoms with E-state index in [1.807, 2.05) is 0 Å². The Balaban J connectivity index is 2.28. The van der Waals surface area contributed by atoms with Crippen LogP contribution in [0, 0.1) is 0 Å². The second-order valence-electron chi connectivity index (χ2n) is 7.07. The lowest BCUT2D eigenvalue weighted by molar-refractivity contribution is -0.138. The summed E-state index contributed by atoms with van der Waals surface area (Å²) >= 11 is 0. The van der Waals surface area contributed by atoms with E-state index in [0.717, 1.165) is 29.8 Å². The van der Waals surface area contributed by atoms with Crippen LogP contribution in [0.5, 0.6) is 0 Å². The molecule has 0 atom stereocenters. The van der Waals surface area contributed by atoms with E-state index in [4.69, 9.17) is 0 Å². The Kier molecular flexibility index (Phi) is 6.15. The maximum atomic E-state index is 13.4. The summed E-state index contributed by atoms with van der Waals surface area (Å²) in [5, 5.41) is 2.96. The van der Waals surface area contributed by atoms with Gasteiger partial charge in [0.2, 0.25) is 0 Å². The highest BCUT2D eigenvalue weighted by Gasteiger charge is 2.39. The molecule has 0 unspecified atom stereocenters. The van der Waals surface area contributed by atoms with Crippen LogP contribution in [0.3, 0.4) is 0 Å². The number of nitrogens with one attached hydrogen (secondary N) is 1. The van der Waals surface area contributed by atoms with Gasteiger partial charge in [0.15, 0.2) is 0 Å². The zero-order valence-corrected chi connectivity index (χ0v) is 16.3. The maximum Gasteiger partial charge on any atom is 0.416 e. The topological polar surface area (TPSA) is 12.0 Å². The van der Waals surface area contributed by atoms with Crippen LogP contribution in [0.25, 0.3) is 0 Å². The van der Waals surface area contributed by atoms with E-state index in [0.29, 0.717) is 0 Å². The van der Waals surface area contributed by atoms with Crippen LogP contribution in [0.4, 0.5) is 26.3 Å². The number of alkyl halides is 6. The molecule has 0 amide bonds. The lowest BCUT2D eigenvalue weighted by Crippen LogP contribution is -2.43. The fraction of sp³-hybridized carbons (Fsp3) is 0.167. The third-order valence-corrected chi connectivity index (χ3v) is 5.03. The second-order valence-corrected chi connectivity index (χ2v) is 7.07. The molecule has 3 aromatic carbocycles. The van der Waals surface area contributed by atoms with Gasteiger partial charge < -0.3 is 5.32 Å². The highest BCUT2D eigenvalue weighted by atomic mass is 19.4. The van der Waals surface area contributed by atoms with Crippen LogP contribution < -0.4 is 5.32 Å². The molecule has 0 spiro atoms. The minimum Gasteiger partial charge on any atom is -0.378 e. The average Bonchev–Trinajstić information content (AvgIpc) is 2.73. The fourth-order valence-electron chi connectivity index (χ4n) is 3.59. The summed E-state index contributed by atoms with van der Waals surface area (Å²) in [6.45, 7) is 3.62. The van der Waals surface area contributed by atoms with Gasteiger partial charge in [-0.15, -0.1) is 0 Å². The second kappa shape index (κ2) is 8.49. The van der Waals surface area contributed by atoms with E-state index in [2.05, 4.69) is 11.9 Å². The molecule has 3 aromatic rings. The lowest BCUT2D eigenvalue weighted by Gasteiger charge is -2.37. The molecule has 0 aliphatic rings. The first-order valence-electron chi connectivity index (χ1n) is 9.34. The SMILES string of the molecule is C=CNC(Cc1ccccc1)(c1cccc(C(F)(F)F)c1)c1cccc(C(F)(F)F)c1. The van der Waals surface area contributed by atoms with Crippen LogP contribution in [0.15, 0.2) is 91.6 Å². The van der Waals surface area contributed by atoms with E-state index in [1.165, 1.54) is 30.5 Å². The van der Waals surface area contributed by atoms with E-state index in [1.54, 1.807) is 30.3 Å². The first-order valence-corrected chi connectivity index (χ1v) is 9.34. The normalized spacial score (nSPS) is 12.5. The van der Waals surface area contributed by atoms with Gasteiger partial charge in [0.05, 0.1) is 16.7 Å². The standard InChI is InChI=1S/C24H19F6N/c1-2-31-22(16-17-8-4-3-5-9-17,18-10-6-12-20(14-18)23(25,26)27)19-11-7-13-21(15-19)24(28,29)30/h2-15,31H,1,16H2. The number of hydrogen-bond acceptors (Lipinski definition) is 1. The third-order valence-electron chi connectivity index (χ3n) is 5.03. The largest absolute Gasteiger partial charge is 0.416 e. The Bertz CT molecular complexity index is 980. The van der Waals surface area contributed by atoms with Crippen LogP contribution in [-0.4, -0.2) is 0 Å². The lowest BCUT2D eigenvalue weighted by atomic mass is 9.77. The molecule has 3 rings (SSSR count). The van der Waals surface area contributed by atoms with Crippen molar-refractivity contribution in [3.8, 4) is 0 Å². The summed E-state index contributed by atoms with van der Waals surface area (Å²) in [4.78, 5) is 0. The van der Waals surface area contributed by atoms with Crippen molar-refractivity contribution < 1.29 is 26.3 Å². The smallest absolute Gasteiger partial charge is 0.378 e. The number of halogens is 6. The van der Waals surface area contributed by atoms with Crippen molar-refractivity contribution in [2.75, 3.05) is 0 Å². The zero-order valence-electron chi connectivity index (χ0n) is 16.3. The van der Waals surface area contributed by atoms with Gasteiger partial charge in [-0.2, -0.15) is 26.3 Å².